The predicted molar refractivity (Wildman–Crippen MR) is 82.6 cm³/mol. The molecule has 1 fully saturated rings. The number of amides is 1. The van der Waals surface area contributed by atoms with Crippen LogP contribution in [0.1, 0.15) is 41.6 Å². The molecule has 1 amide bonds. The van der Waals surface area contributed by atoms with E-state index in [4.69, 9.17) is 5.73 Å². The molecular weight excluding hydrogens is 256 g/mol. The van der Waals surface area contributed by atoms with E-state index in [1.165, 1.54) is 25.7 Å². The second-order valence-electron chi connectivity index (χ2n) is 5.37. The number of nitrogen functional groups attached to an aromatic ring is 1. The number of benzene rings is 1. The lowest BCUT2D eigenvalue weighted by molar-refractivity contribution is 0.0950. The number of nitrogens with one attached hydrogen (secondary N) is 1. The summed E-state index contributed by atoms with van der Waals surface area (Å²) in [5.41, 5.74) is 8.07. The molecule has 19 heavy (non-hydrogen) atoms. The van der Waals surface area contributed by atoms with E-state index in [-0.39, 0.29) is 10.7 Å². The molecule has 0 bridgehead atoms. The summed E-state index contributed by atoms with van der Waals surface area (Å²) in [6.07, 6.45) is 7.06. The van der Waals surface area contributed by atoms with Gasteiger partial charge >= 0.3 is 0 Å². The molecule has 104 valence electrons. The van der Waals surface area contributed by atoms with Crippen LogP contribution in [-0.2, 0) is 0 Å². The predicted octanol–water partition coefficient (Wildman–Crippen LogP) is 2.98. The van der Waals surface area contributed by atoms with Crippen LogP contribution in [0, 0.1) is 6.92 Å². The van der Waals surface area contributed by atoms with E-state index in [9.17, 15) is 4.79 Å². The van der Waals surface area contributed by atoms with Gasteiger partial charge in [-0.05, 0) is 38.2 Å². The number of thioether (sulfide) groups is 1. The quantitative estimate of drug-likeness (QED) is 0.833. The van der Waals surface area contributed by atoms with Crippen LogP contribution in [0.15, 0.2) is 18.2 Å². The zero-order valence-electron chi connectivity index (χ0n) is 11.7. The second-order valence-corrected chi connectivity index (χ2v) is 6.64. The summed E-state index contributed by atoms with van der Waals surface area (Å²) in [5, 5.41) is 3.06. The van der Waals surface area contributed by atoms with Gasteiger partial charge in [0.1, 0.15) is 0 Å². The summed E-state index contributed by atoms with van der Waals surface area (Å²) in [6.45, 7) is 2.71. The Labute approximate surface area is 119 Å². The van der Waals surface area contributed by atoms with Crippen molar-refractivity contribution in [2.24, 2.45) is 0 Å². The Bertz CT molecular complexity index is 467. The molecule has 1 saturated carbocycles. The number of hydrogen-bond donors (Lipinski definition) is 2. The van der Waals surface area contributed by atoms with Crippen molar-refractivity contribution < 1.29 is 4.79 Å². The fraction of sp³-hybridized carbons (Fsp3) is 0.533. The van der Waals surface area contributed by atoms with Crippen LogP contribution >= 0.6 is 11.8 Å². The molecule has 0 saturated heterocycles. The molecule has 0 radical (unpaired) electrons. The van der Waals surface area contributed by atoms with Gasteiger partial charge in [-0.3, -0.25) is 4.79 Å². The van der Waals surface area contributed by atoms with Gasteiger partial charge in [0.25, 0.3) is 5.91 Å². The van der Waals surface area contributed by atoms with Crippen molar-refractivity contribution in [2.75, 3.05) is 18.5 Å². The molecule has 1 aromatic carbocycles. The van der Waals surface area contributed by atoms with Gasteiger partial charge in [-0.2, -0.15) is 11.8 Å². The van der Waals surface area contributed by atoms with Crippen molar-refractivity contribution in [3.05, 3.63) is 29.3 Å². The molecule has 0 unspecified atom stereocenters. The van der Waals surface area contributed by atoms with E-state index in [1.807, 2.05) is 30.8 Å². The van der Waals surface area contributed by atoms with E-state index < -0.39 is 0 Å². The zero-order valence-corrected chi connectivity index (χ0v) is 12.5. The number of nitrogens with two attached hydrogens (primary N) is 1. The van der Waals surface area contributed by atoms with E-state index in [0.29, 0.717) is 11.3 Å². The molecule has 3 N–H and O–H groups in total. The van der Waals surface area contributed by atoms with Gasteiger partial charge in [0, 0.05) is 17.0 Å². The van der Waals surface area contributed by atoms with Gasteiger partial charge in [0.15, 0.2) is 0 Å². The smallest absolute Gasteiger partial charge is 0.253 e. The van der Waals surface area contributed by atoms with Gasteiger partial charge in [-0.25, -0.2) is 0 Å². The third kappa shape index (κ3) is 3.24. The van der Waals surface area contributed by atoms with Crippen LogP contribution in [0.5, 0.6) is 0 Å². The van der Waals surface area contributed by atoms with E-state index in [1.54, 1.807) is 6.07 Å². The van der Waals surface area contributed by atoms with Crippen molar-refractivity contribution >= 4 is 23.4 Å². The summed E-state index contributed by atoms with van der Waals surface area (Å²) in [6, 6.07) is 5.57. The number of aryl methyl sites for hydroxylation is 1. The van der Waals surface area contributed by atoms with Gasteiger partial charge in [0.05, 0.1) is 5.56 Å². The molecule has 0 heterocycles. The van der Waals surface area contributed by atoms with Gasteiger partial charge < -0.3 is 11.1 Å². The summed E-state index contributed by atoms with van der Waals surface area (Å²) >= 11 is 1.88. The Hall–Kier alpha value is -1.16. The number of anilines is 1. The van der Waals surface area contributed by atoms with E-state index >= 15 is 0 Å². The monoisotopic (exact) mass is 278 g/mol. The largest absolute Gasteiger partial charge is 0.398 e. The van der Waals surface area contributed by atoms with Gasteiger partial charge in [0.2, 0.25) is 0 Å². The average Bonchev–Trinajstić information content (AvgIpc) is 2.88. The van der Waals surface area contributed by atoms with Crippen molar-refractivity contribution in [2.45, 2.75) is 37.4 Å². The number of carbonyl (C=O) groups is 1. The first-order valence-corrected chi connectivity index (χ1v) is 7.98. The van der Waals surface area contributed by atoms with Gasteiger partial charge in [-0.15, -0.1) is 0 Å². The third-order valence-corrected chi connectivity index (χ3v) is 5.39. The lowest BCUT2D eigenvalue weighted by atomic mass is 10.1. The number of carbonyl (C=O) groups excluding carboxylic acids is 1. The molecule has 1 aliphatic rings. The van der Waals surface area contributed by atoms with Crippen LogP contribution < -0.4 is 11.1 Å². The van der Waals surface area contributed by atoms with Crippen molar-refractivity contribution in [3.63, 3.8) is 0 Å². The summed E-state index contributed by atoms with van der Waals surface area (Å²) in [7, 11) is 0. The molecule has 0 spiro atoms. The first kappa shape index (κ1) is 14.3. The normalized spacial score (nSPS) is 17.4. The molecule has 1 aromatic rings. The Morgan fingerprint density at radius 2 is 2.11 bits per heavy atom. The fourth-order valence-corrected chi connectivity index (χ4v) is 3.59. The Kier molecular flexibility index (Phi) is 4.40. The Balaban J connectivity index is 2.03. The summed E-state index contributed by atoms with van der Waals surface area (Å²) < 4.78 is 0.230. The second kappa shape index (κ2) is 5.87. The van der Waals surface area contributed by atoms with Crippen molar-refractivity contribution in [1.29, 1.82) is 0 Å². The SMILES string of the molecule is CSC1(CNC(=O)c2cc(C)ccc2N)CCCC1. The zero-order chi connectivity index (χ0) is 13.9. The van der Waals surface area contributed by atoms with Crippen LogP contribution in [0.4, 0.5) is 5.69 Å². The molecule has 0 aromatic heterocycles. The molecule has 0 atom stereocenters. The highest BCUT2D eigenvalue weighted by Gasteiger charge is 2.33. The lowest BCUT2D eigenvalue weighted by Crippen LogP contribution is -2.38. The lowest BCUT2D eigenvalue weighted by Gasteiger charge is -2.27. The van der Waals surface area contributed by atoms with Crippen LogP contribution in [-0.4, -0.2) is 23.5 Å². The third-order valence-electron chi connectivity index (χ3n) is 3.97. The maximum atomic E-state index is 12.2. The molecule has 4 heteroatoms. The topological polar surface area (TPSA) is 55.1 Å². The van der Waals surface area contributed by atoms with Crippen LogP contribution in [0.3, 0.4) is 0 Å². The van der Waals surface area contributed by atoms with Crippen molar-refractivity contribution in [3.8, 4) is 0 Å². The standard InChI is InChI=1S/C15H22N2OS/c1-11-5-6-13(16)12(9-11)14(18)17-10-15(19-2)7-3-4-8-15/h5-6,9H,3-4,7-8,10,16H2,1-2H3,(H,17,18). The molecule has 0 aliphatic heterocycles. The Morgan fingerprint density at radius 1 is 1.42 bits per heavy atom. The molecule has 3 nitrogen and oxygen atoms in total. The highest BCUT2D eigenvalue weighted by atomic mass is 32.2. The maximum absolute atomic E-state index is 12.2. The summed E-state index contributed by atoms with van der Waals surface area (Å²) in [5.74, 6) is -0.0541. The minimum Gasteiger partial charge on any atom is -0.398 e. The fourth-order valence-electron chi connectivity index (χ4n) is 2.68. The number of hydrogen-bond acceptors (Lipinski definition) is 3. The van der Waals surface area contributed by atoms with Crippen LogP contribution in [0.2, 0.25) is 0 Å². The highest BCUT2D eigenvalue weighted by molar-refractivity contribution is 8.00. The maximum Gasteiger partial charge on any atom is 0.253 e. The molecular formula is C15H22N2OS. The molecule has 1 aliphatic carbocycles. The minimum absolute atomic E-state index is 0.0541. The Morgan fingerprint density at radius 3 is 2.74 bits per heavy atom. The van der Waals surface area contributed by atoms with Gasteiger partial charge in [-0.1, -0.05) is 24.5 Å². The number of rotatable bonds is 4. The first-order valence-electron chi connectivity index (χ1n) is 6.76. The first-order chi connectivity index (χ1) is 9.06. The highest BCUT2D eigenvalue weighted by Crippen LogP contribution is 2.39. The van der Waals surface area contributed by atoms with Crippen molar-refractivity contribution in [1.82, 2.24) is 5.32 Å². The minimum atomic E-state index is -0.0541. The summed E-state index contributed by atoms with van der Waals surface area (Å²) in [4.78, 5) is 12.2. The van der Waals surface area contributed by atoms with E-state index in [2.05, 4.69) is 11.6 Å². The van der Waals surface area contributed by atoms with Crippen LogP contribution in [0.25, 0.3) is 0 Å². The average molecular weight is 278 g/mol. The molecule has 2 rings (SSSR count). The van der Waals surface area contributed by atoms with E-state index in [0.717, 1.165) is 12.1 Å².